The van der Waals surface area contributed by atoms with Gasteiger partial charge in [0.05, 0.1) is 29.0 Å². The summed E-state index contributed by atoms with van der Waals surface area (Å²) in [5.41, 5.74) is 1.60. The van der Waals surface area contributed by atoms with E-state index in [4.69, 9.17) is 10.00 Å². The zero-order valence-corrected chi connectivity index (χ0v) is 18.1. The Labute approximate surface area is 191 Å². The Hall–Kier alpha value is -4.44. The van der Waals surface area contributed by atoms with E-state index < -0.39 is 17.7 Å². The number of ketones is 1. The van der Waals surface area contributed by atoms with Crippen molar-refractivity contribution >= 4 is 23.1 Å². The Morgan fingerprint density at radius 3 is 2.33 bits per heavy atom. The van der Waals surface area contributed by atoms with Gasteiger partial charge in [-0.1, -0.05) is 6.07 Å². The first-order valence-corrected chi connectivity index (χ1v) is 10.4. The van der Waals surface area contributed by atoms with Gasteiger partial charge in [0.1, 0.15) is 17.6 Å². The van der Waals surface area contributed by atoms with E-state index in [1.807, 2.05) is 19.9 Å². The van der Waals surface area contributed by atoms with Crippen LogP contribution in [-0.4, -0.2) is 27.9 Å². The van der Waals surface area contributed by atoms with Gasteiger partial charge in [-0.05, 0) is 74.5 Å². The lowest BCUT2D eigenvalue weighted by molar-refractivity contribution is -0.132. The molecular weight excluding hydrogens is 418 g/mol. The second-order valence-electron chi connectivity index (χ2n) is 7.77. The van der Waals surface area contributed by atoms with Crippen molar-refractivity contribution in [2.75, 3.05) is 4.90 Å². The van der Waals surface area contributed by atoms with Crippen molar-refractivity contribution < 1.29 is 19.4 Å². The van der Waals surface area contributed by atoms with Gasteiger partial charge in [0, 0.05) is 17.4 Å². The fourth-order valence-electron chi connectivity index (χ4n) is 3.73. The molecule has 1 aliphatic heterocycles. The van der Waals surface area contributed by atoms with Crippen LogP contribution in [0, 0.1) is 11.3 Å². The van der Waals surface area contributed by atoms with Crippen LogP contribution in [-0.2, 0) is 9.59 Å². The molecular formula is C26H21N3O4. The minimum atomic E-state index is -0.925. The normalized spacial score (nSPS) is 17.3. The Bertz CT molecular complexity index is 1260. The summed E-state index contributed by atoms with van der Waals surface area (Å²) < 4.78 is 5.64. The van der Waals surface area contributed by atoms with Gasteiger partial charge in [-0.15, -0.1) is 0 Å². The van der Waals surface area contributed by atoms with Gasteiger partial charge in [0.25, 0.3) is 11.7 Å². The average molecular weight is 439 g/mol. The van der Waals surface area contributed by atoms with Crippen LogP contribution in [0.2, 0.25) is 0 Å². The third-order valence-corrected chi connectivity index (χ3v) is 5.19. The monoisotopic (exact) mass is 439 g/mol. The number of pyridine rings is 1. The topological polar surface area (TPSA) is 104 Å². The van der Waals surface area contributed by atoms with E-state index in [1.165, 1.54) is 4.90 Å². The summed E-state index contributed by atoms with van der Waals surface area (Å²) >= 11 is 0. The zero-order valence-electron chi connectivity index (χ0n) is 18.1. The Kier molecular flexibility index (Phi) is 5.92. The molecule has 0 aliphatic carbocycles. The van der Waals surface area contributed by atoms with Crippen molar-refractivity contribution in [2.45, 2.75) is 26.0 Å². The number of hydrogen-bond donors (Lipinski definition) is 1. The fourth-order valence-corrected chi connectivity index (χ4v) is 3.73. The molecule has 2 aromatic carbocycles. The van der Waals surface area contributed by atoms with Crippen LogP contribution >= 0.6 is 0 Å². The summed E-state index contributed by atoms with van der Waals surface area (Å²) in [5, 5.41) is 20.2. The van der Waals surface area contributed by atoms with Gasteiger partial charge >= 0.3 is 0 Å². The average Bonchev–Trinajstić information content (AvgIpc) is 3.10. The highest BCUT2D eigenvalue weighted by Crippen LogP contribution is 2.41. The molecule has 164 valence electrons. The van der Waals surface area contributed by atoms with E-state index in [-0.39, 0.29) is 17.4 Å². The number of Topliss-reactive ketones (excluding diaryl/α,β-unsaturated/α-hetero) is 1. The van der Waals surface area contributed by atoms with Gasteiger partial charge in [0.2, 0.25) is 0 Å². The molecule has 0 spiro atoms. The Morgan fingerprint density at radius 2 is 1.76 bits per heavy atom. The van der Waals surface area contributed by atoms with Gasteiger partial charge in [-0.2, -0.15) is 5.26 Å². The van der Waals surface area contributed by atoms with Gasteiger partial charge in [-0.3, -0.25) is 19.5 Å². The molecule has 0 bridgehead atoms. The molecule has 1 aromatic heterocycles. The molecule has 1 N–H and O–H groups in total. The third-order valence-electron chi connectivity index (χ3n) is 5.19. The van der Waals surface area contributed by atoms with Gasteiger partial charge in [0.15, 0.2) is 0 Å². The highest BCUT2D eigenvalue weighted by molar-refractivity contribution is 6.51. The first kappa shape index (κ1) is 21.8. The van der Waals surface area contributed by atoms with Crippen LogP contribution in [0.15, 0.2) is 78.5 Å². The number of benzene rings is 2. The number of carbonyl (C=O) groups is 2. The maximum absolute atomic E-state index is 13.1. The largest absolute Gasteiger partial charge is 0.507 e. The number of rotatable bonds is 5. The van der Waals surface area contributed by atoms with E-state index in [1.54, 1.807) is 72.9 Å². The number of aliphatic hydroxyl groups excluding tert-OH is 1. The molecule has 1 saturated heterocycles. The minimum Gasteiger partial charge on any atom is -0.507 e. The molecule has 1 amide bonds. The molecule has 0 saturated carbocycles. The lowest BCUT2D eigenvalue weighted by Gasteiger charge is -2.24. The number of aliphatic hydroxyl groups is 1. The van der Waals surface area contributed by atoms with Crippen molar-refractivity contribution in [3.63, 3.8) is 0 Å². The summed E-state index contributed by atoms with van der Waals surface area (Å²) in [4.78, 5) is 31.8. The van der Waals surface area contributed by atoms with Crippen molar-refractivity contribution in [3.05, 3.63) is 95.3 Å². The zero-order chi connectivity index (χ0) is 23.5. The Morgan fingerprint density at radius 1 is 1.06 bits per heavy atom. The molecule has 0 radical (unpaired) electrons. The lowest BCUT2D eigenvalue weighted by atomic mass is 9.98. The van der Waals surface area contributed by atoms with Gasteiger partial charge < -0.3 is 9.84 Å². The van der Waals surface area contributed by atoms with Gasteiger partial charge in [-0.25, -0.2) is 0 Å². The van der Waals surface area contributed by atoms with E-state index in [0.29, 0.717) is 28.3 Å². The summed E-state index contributed by atoms with van der Waals surface area (Å²) in [5.74, 6) is -1.26. The third kappa shape index (κ3) is 4.19. The molecule has 33 heavy (non-hydrogen) atoms. The van der Waals surface area contributed by atoms with Crippen LogP contribution in [0.5, 0.6) is 5.75 Å². The molecule has 7 heteroatoms. The molecule has 2 heterocycles. The molecule has 4 rings (SSSR count). The number of carbonyl (C=O) groups excluding carboxylic acids is 2. The highest BCUT2D eigenvalue weighted by atomic mass is 16.5. The van der Waals surface area contributed by atoms with Crippen molar-refractivity contribution in [3.8, 4) is 11.8 Å². The number of hydrogen-bond acceptors (Lipinski definition) is 6. The molecule has 1 fully saturated rings. The predicted molar refractivity (Wildman–Crippen MR) is 122 cm³/mol. The number of aromatic nitrogens is 1. The maximum Gasteiger partial charge on any atom is 0.300 e. The predicted octanol–water partition coefficient (Wildman–Crippen LogP) is 4.37. The minimum absolute atomic E-state index is 0.00801. The first-order chi connectivity index (χ1) is 15.9. The summed E-state index contributed by atoms with van der Waals surface area (Å²) in [6.07, 6.45) is 1.55. The second kappa shape index (κ2) is 8.97. The molecule has 1 atom stereocenters. The number of nitriles is 1. The molecule has 7 nitrogen and oxygen atoms in total. The van der Waals surface area contributed by atoms with Crippen LogP contribution in [0.4, 0.5) is 5.69 Å². The van der Waals surface area contributed by atoms with Crippen LogP contribution in [0.1, 0.15) is 36.7 Å². The van der Waals surface area contributed by atoms with Crippen molar-refractivity contribution in [1.82, 2.24) is 4.98 Å². The highest BCUT2D eigenvalue weighted by Gasteiger charge is 2.47. The summed E-state index contributed by atoms with van der Waals surface area (Å²) in [6.45, 7) is 3.82. The number of amides is 1. The van der Waals surface area contributed by atoms with E-state index in [9.17, 15) is 14.7 Å². The second-order valence-corrected chi connectivity index (χ2v) is 7.77. The van der Waals surface area contributed by atoms with E-state index in [2.05, 4.69) is 4.98 Å². The Balaban J connectivity index is 1.84. The number of anilines is 1. The summed E-state index contributed by atoms with van der Waals surface area (Å²) in [6, 6.07) is 19.3. The van der Waals surface area contributed by atoms with Crippen molar-refractivity contribution in [2.24, 2.45) is 0 Å². The van der Waals surface area contributed by atoms with Crippen molar-refractivity contribution in [1.29, 1.82) is 5.26 Å². The van der Waals surface area contributed by atoms with Crippen LogP contribution in [0.25, 0.3) is 5.76 Å². The van der Waals surface area contributed by atoms with Crippen LogP contribution in [0.3, 0.4) is 0 Å². The first-order valence-electron chi connectivity index (χ1n) is 10.4. The van der Waals surface area contributed by atoms with E-state index >= 15 is 0 Å². The number of ether oxygens (including phenoxy) is 1. The smallest absolute Gasteiger partial charge is 0.300 e. The van der Waals surface area contributed by atoms with Crippen LogP contribution < -0.4 is 9.64 Å². The number of nitrogens with zero attached hydrogens (tertiary/aromatic N) is 3. The molecule has 1 aliphatic rings. The lowest BCUT2D eigenvalue weighted by Crippen LogP contribution is -2.29. The molecule has 1 unspecified atom stereocenters. The SMILES string of the molecule is CC(C)Oc1ccc(/C(O)=C2/C(=O)C(=O)N(c3ccc(C#N)cc3)C2c2ccccn2)cc1. The standard InChI is InChI=1S/C26H21N3O4/c1-16(2)33-20-12-8-18(9-13-20)24(30)22-23(21-5-3-4-14-28-21)29(26(32)25(22)31)19-10-6-17(15-27)7-11-19/h3-14,16,23,30H,1-2H3/b24-22-. The fraction of sp³-hybridized carbons (Fsp3) is 0.154. The summed E-state index contributed by atoms with van der Waals surface area (Å²) in [7, 11) is 0. The quantitative estimate of drug-likeness (QED) is 0.360. The maximum atomic E-state index is 13.1. The van der Waals surface area contributed by atoms with E-state index in [0.717, 1.165) is 0 Å². The molecule has 3 aromatic rings.